The molecule has 1 aromatic heterocycles. The molecule has 0 radical (unpaired) electrons. The first-order valence-corrected chi connectivity index (χ1v) is 6.09. The largest absolute Gasteiger partial charge is 0.394 e. The first-order valence-electron chi connectivity index (χ1n) is 6.09. The maximum Gasteiger partial charge on any atom is 0.245 e. The highest BCUT2D eigenvalue weighted by molar-refractivity contribution is 5.80. The van der Waals surface area contributed by atoms with Crippen molar-refractivity contribution in [2.24, 2.45) is 0 Å². The summed E-state index contributed by atoms with van der Waals surface area (Å²) in [5.74, 6) is -0.0790. The summed E-state index contributed by atoms with van der Waals surface area (Å²) < 4.78 is 1.62. The number of carbonyl (C=O) groups is 1. The summed E-state index contributed by atoms with van der Waals surface area (Å²) in [7, 11) is 0. The van der Waals surface area contributed by atoms with Crippen molar-refractivity contribution in [1.29, 1.82) is 0 Å². The second-order valence-corrected chi connectivity index (χ2v) is 4.80. The zero-order valence-corrected chi connectivity index (χ0v) is 10.1. The molecular weight excluding hydrogens is 218 g/mol. The van der Waals surface area contributed by atoms with Crippen molar-refractivity contribution < 1.29 is 9.90 Å². The SMILES string of the molecule is CC(C(=O)NC1(CO)CCCC1)n1cccn1. The Morgan fingerprint density at radius 3 is 2.82 bits per heavy atom. The number of carbonyl (C=O) groups excluding carboxylic acids is 1. The lowest BCUT2D eigenvalue weighted by atomic mass is 9.98. The van der Waals surface area contributed by atoms with Gasteiger partial charge in [-0.15, -0.1) is 0 Å². The third-order valence-electron chi connectivity index (χ3n) is 3.55. The van der Waals surface area contributed by atoms with Crippen molar-refractivity contribution in [3.8, 4) is 0 Å². The van der Waals surface area contributed by atoms with Gasteiger partial charge < -0.3 is 10.4 Å². The van der Waals surface area contributed by atoms with Gasteiger partial charge in [0.2, 0.25) is 5.91 Å². The van der Waals surface area contributed by atoms with Crippen LogP contribution in [0.1, 0.15) is 38.6 Å². The number of rotatable bonds is 4. The van der Waals surface area contributed by atoms with Crippen LogP contribution >= 0.6 is 0 Å². The minimum absolute atomic E-state index is 0.0184. The van der Waals surface area contributed by atoms with Crippen molar-refractivity contribution in [2.75, 3.05) is 6.61 Å². The summed E-state index contributed by atoms with van der Waals surface area (Å²) in [6.45, 7) is 1.83. The number of amides is 1. The molecule has 1 aliphatic rings. The summed E-state index contributed by atoms with van der Waals surface area (Å²) in [6, 6.07) is 1.45. The monoisotopic (exact) mass is 237 g/mol. The van der Waals surface area contributed by atoms with E-state index in [1.54, 1.807) is 23.1 Å². The number of hydrogen-bond donors (Lipinski definition) is 2. The molecule has 17 heavy (non-hydrogen) atoms. The van der Waals surface area contributed by atoms with Gasteiger partial charge in [0.15, 0.2) is 0 Å². The predicted molar refractivity (Wildman–Crippen MR) is 63.4 cm³/mol. The zero-order valence-electron chi connectivity index (χ0n) is 10.1. The summed E-state index contributed by atoms with van der Waals surface area (Å²) in [5, 5.41) is 16.5. The molecule has 0 spiro atoms. The minimum atomic E-state index is -0.404. The van der Waals surface area contributed by atoms with E-state index >= 15 is 0 Å². The van der Waals surface area contributed by atoms with Crippen LogP contribution in [0.15, 0.2) is 18.5 Å². The quantitative estimate of drug-likeness (QED) is 0.816. The van der Waals surface area contributed by atoms with E-state index in [0.29, 0.717) is 0 Å². The van der Waals surface area contributed by atoms with E-state index in [2.05, 4.69) is 10.4 Å². The normalized spacial score (nSPS) is 20.1. The molecule has 1 atom stereocenters. The first kappa shape index (κ1) is 12.1. The molecule has 1 fully saturated rings. The molecule has 0 bridgehead atoms. The highest BCUT2D eigenvalue weighted by atomic mass is 16.3. The van der Waals surface area contributed by atoms with E-state index < -0.39 is 5.54 Å². The van der Waals surface area contributed by atoms with Crippen molar-refractivity contribution in [2.45, 2.75) is 44.2 Å². The molecule has 0 aliphatic heterocycles. The molecule has 1 saturated carbocycles. The van der Waals surface area contributed by atoms with Crippen LogP contribution < -0.4 is 5.32 Å². The lowest BCUT2D eigenvalue weighted by Gasteiger charge is -2.29. The Hall–Kier alpha value is -1.36. The lowest BCUT2D eigenvalue weighted by molar-refractivity contribution is -0.126. The van der Waals surface area contributed by atoms with Gasteiger partial charge >= 0.3 is 0 Å². The standard InChI is InChI=1S/C12H19N3O2/c1-10(15-8-4-7-13-15)11(17)14-12(9-16)5-2-3-6-12/h4,7-8,10,16H,2-3,5-6,9H2,1H3,(H,14,17). The summed E-state index contributed by atoms with van der Waals surface area (Å²) >= 11 is 0. The molecule has 1 amide bonds. The van der Waals surface area contributed by atoms with Gasteiger partial charge in [-0.25, -0.2) is 0 Å². The van der Waals surface area contributed by atoms with E-state index in [-0.39, 0.29) is 18.6 Å². The number of hydrogen-bond acceptors (Lipinski definition) is 3. The van der Waals surface area contributed by atoms with Crippen LogP contribution in [0.3, 0.4) is 0 Å². The number of nitrogens with zero attached hydrogens (tertiary/aromatic N) is 2. The number of aliphatic hydroxyl groups excluding tert-OH is 1. The molecule has 0 aromatic carbocycles. The van der Waals surface area contributed by atoms with E-state index in [1.807, 2.05) is 6.92 Å². The fraction of sp³-hybridized carbons (Fsp3) is 0.667. The second kappa shape index (κ2) is 4.87. The van der Waals surface area contributed by atoms with E-state index in [9.17, 15) is 9.90 Å². The Labute approximate surface area is 101 Å². The fourth-order valence-corrected chi connectivity index (χ4v) is 2.37. The van der Waals surface area contributed by atoms with Crippen LogP contribution in [-0.4, -0.2) is 32.9 Å². The Morgan fingerprint density at radius 1 is 1.59 bits per heavy atom. The molecule has 1 aliphatic carbocycles. The smallest absolute Gasteiger partial charge is 0.245 e. The van der Waals surface area contributed by atoms with Crippen LogP contribution in [0.2, 0.25) is 0 Å². The van der Waals surface area contributed by atoms with Crippen LogP contribution in [-0.2, 0) is 4.79 Å². The summed E-state index contributed by atoms with van der Waals surface area (Å²) in [4.78, 5) is 12.1. The van der Waals surface area contributed by atoms with Crippen LogP contribution in [0.25, 0.3) is 0 Å². The zero-order chi connectivity index (χ0) is 12.3. The third-order valence-corrected chi connectivity index (χ3v) is 3.55. The Kier molecular flexibility index (Phi) is 3.47. The highest BCUT2D eigenvalue weighted by Gasteiger charge is 2.35. The van der Waals surface area contributed by atoms with Gasteiger partial charge in [0.25, 0.3) is 0 Å². The Balaban J connectivity index is 2.01. The topological polar surface area (TPSA) is 67.2 Å². The molecule has 1 heterocycles. The molecule has 94 valence electrons. The number of aliphatic hydroxyl groups is 1. The minimum Gasteiger partial charge on any atom is -0.394 e. The first-order chi connectivity index (χ1) is 8.17. The van der Waals surface area contributed by atoms with Crippen LogP contribution in [0.5, 0.6) is 0 Å². The van der Waals surface area contributed by atoms with Gasteiger partial charge in [0.05, 0.1) is 12.1 Å². The van der Waals surface area contributed by atoms with Crippen molar-refractivity contribution in [3.63, 3.8) is 0 Å². The van der Waals surface area contributed by atoms with Gasteiger partial charge in [-0.2, -0.15) is 5.10 Å². The summed E-state index contributed by atoms with van der Waals surface area (Å²) in [5.41, 5.74) is -0.404. The predicted octanol–water partition coefficient (Wildman–Crippen LogP) is 0.865. The van der Waals surface area contributed by atoms with Crippen LogP contribution in [0.4, 0.5) is 0 Å². The Bertz CT molecular complexity index is 369. The van der Waals surface area contributed by atoms with Gasteiger partial charge in [-0.05, 0) is 25.8 Å². The van der Waals surface area contributed by atoms with Gasteiger partial charge in [0, 0.05) is 12.4 Å². The molecule has 2 N–H and O–H groups in total. The van der Waals surface area contributed by atoms with Gasteiger partial charge in [0.1, 0.15) is 6.04 Å². The van der Waals surface area contributed by atoms with Gasteiger partial charge in [-0.1, -0.05) is 12.8 Å². The Morgan fingerprint density at radius 2 is 2.29 bits per heavy atom. The second-order valence-electron chi connectivity index (χ2n) is 4.80. The fourth-order valence-electron chi connectivity index (χ4n) is 2.37. The van der Waals surface area contributed by atoms with Gasteiger partial charge in [-0.3, -0.25) is 9.48 Å². The molecule has 0 saturated heterocycles. The van der Waals surface area contributed by atoms with E-state index in [1.165, 1.54) is 0 Å². The average Bonchev–Trinajstić information content (AvgIpc) is 2.99. The average molecular weight is 237 g/mol. The van der Waals surface area contributed by atoms with Crippen molar-refractivity contribution in [1.82, 2.24) is 15.1 Å². The lowest BCUT2D eigenvalue weighted by Crippen LogP contribution is -2.51. The molecule has 5 heteroatoms. The van der Waals surface area contributed by atoms with E-state index in [0.717, 1.165) is 25.7 Å². The number of aromatic nitrogens is 2. The third kappa shape index (κ3) is 2.49. The maximum absolute atomic E-state index is 12.1. The molecule has 5 nitrogen and oxygen atoms in total. The van der Waals surface area contributed by atoms with E-state index in [4.69, 9.17) is 0 Å². The summed E-state index contributed by atoms with van der Waals surface area (Å²) in [6.07, 6.45) is 7.28. The number of nitrogens with one attached hydrogen (secondary N) is 1. The molecule has 1 aromatic rings. The van der Waals surface area contributed by atoms with Crippen molar-refractivity contribution >= 4 is 5.91 Å². The molecular formula is C12H19N3O2. The molecule has 1 unspecified atom stereocenters. The van der Waals surface area contributed by atoms with Crippen molar-refractivity contribution in [3.05, 3.63) is 18.5 Å². The van der Waals surface area contributed by atoms with Crippen LogP contribution in [0, 0.1) is 0 Å². The molecule has 2 rings (SSSR count). The highest BCUT2D eigenvalue weighted by Crippen LogP contribution is 2.29. The maximum atomic E-state index is 12.1.